The molecule has 7 nitrogen and oxygen atoms in total. The minimum Gasteiger partial charge on any atom is -0.494 e. The topological polar surface area (TPSA) is 86.2 Å². The third-order valence-electron chi connectivity index (χ3n) is 5.17. The number of esters is 1. The van der Waals surface area contributed by atoms with Crippen LogP contribution in [-0.2, 0) is 11.2 Å². The summed E-state index contributed by atoms with van der Waals surface area (Å²) < 4.78 is 16.4. The molecule has 0 radical (unpaired) electrons. The average molecular weight is 489 g/mol. The number of carbonyl (C=O) groups excluding carboxylic acids is 2. The highest BCUT2D eigenvalue weighted by atomic mass is 16.5. The Kier molecular flexibility index (Phi) is 10.5. The number of aryl methyl sites for hydroxylation is 1. The van der Waals surface area contributed by atoms with Crippen molar-refractivity contribution in [3.63, 3.8) is 0 Å². The van der Waals surface area contributed by atoms with Gasteiger partial charge in [0.2, 0.25) is 0 Å². The van der Waals surface area contributed by atoms with Crippen LogP contribution >= 0.6 is 0 Å². The molecule has 0 unspecified atom stereocenters. The Balaban J connectivity index is 1.41. The van der Waals surface area contributed by atoms with Gasteiger partial charge >= 0.3 is 5.97 Å². The summed E-state index contributed by atoms with van der Waals surface area (Å²) in [7, 11) is 0. The van der Waals surface area contributed by atoms with Crippen molar-refractivity contribution in [2.45, 2.75) is 39.5 Å². The van der Waals surface area contributed by atoms with E-state index >= 15 is 0 Å². The van der Waals surface area contributed by atoms with E-state index in [1.54, 1.807) is 48.5 Å². The number of ether oxygens (including phenoxy) is 3. The monoisotopic (exact) mass is 488 g/mol. The second-order valence-electron chi connectivity index (χ2n) is 8.16. The van der Waals surface area contributed by atoms with Gasteiger partial charge in [0.05, 0.1) is 18.4 Å². The van der Waals surface area contributed by atoms with Crippen molar-refractivity contribution in [3.8, 4) is 17.2 Å². The number of hydrazone groups is 1. The van der Waals surface area contributed by atoms with E-state index in [0.717, 1.165) is 31.2 Å². The van der Waals surface area contributed by atoms with Gasteiger partial charge in [0.1, 0.15) is 17.2 Å². The van der Waals surface area contributed by atoms with Gasteiger partial charge in [0.25, 0.3) is 5.91 Å². The van der Waals surface area contributed by atoms with Gasteiger partial charge in [0, 0.05) is 0 Å². The SMILES string of the molecule is CCCCc1ccc(OCC(=O)N/N=C/c2ccc(OC(=O)c3ccc(OCCC)cc3)cc2)cc1. The normalized spacial score (nSPS) is 10.7. The number of hydrogen-bond donors (Lipinski definition) is 1. The highest BCUT2D eigenvalue weighted by Crippen LogP contribution is 2.17. The summed E-state index contributed by atoms with van der Waals surface area (Å²) >= 11 is 0. The molecular weight excluding hydrogens is 456 g/mol. The van der Waals surface area contributed by atoms with Crippen LogP contribution in [0.3, 0.4) is 0 Å². The summed E-state index contributed by atoms with van der Waals surface area (Å²) in [5.74, 6) is 0.938. The molecule has 0 atom stereocenters. The number of nitrogens with zero attached hydrogens (tertiary/aromatic N) is 1. The first-order chi connectivity index (χ1) is 17.6. The summed E-state index contributed by atoms with van der Waals surface area (Å²) in [5.41, 5.74) is 4.86. The first kappa shape index (κ1) is 26.5. The molecule has 0 aromatic heterocycles. The first-order valence-corrected chi connectivity index (χ1v) is 12.2. The van der Waals surface area contributed by atoms with Crippen molar-refractivity contribution < 1.29 is 23.8 Å². The minimum atomic E-state index is -0.457. The molecule has 3 rings (SSSR count). The van der Waals surface area contributed by atoms with Crippen LogP contribution in [0.1, 0.15) is 54.6 Å². The summed E-state index contributed by atoms with van der Waals surface area (Å²) in [6.45, 7) is 4.69. The van der Waals surface area contributed by atoms with Crippen molar-refractivity contribution in [3.05, 3.63) is 89.5 Å². The first-order valence-electron chi connectivity index (χ1n) is 12.2. The highest BCUT2D eigenvalue weighted by molar-refractivity contribution is 5.91. The fourth-order valence-corrected chi connectivity index (χ4v) is 3.19. The molecular formula is C29H32N2O5. The molecule has 36 heavy (non-hydrogen) atoms. The zero-order chi connectivity index (χ0) is 25.6. The largest absolute Gasteiger partial charge is 0.494 e. The molecule has 188 valence electrons. The Bertz CT molecular complexity index is 1120. The molecule has 0 fully saturated rings. The van der Waals surface area contributed by atoms with Crippen LogP contribution in [0.5, 0.6) is 17.2 Å². The smallest absolute Gasteiger partial charge is 0.343 e. The van der Waals surface area contributed by atoms with Crippen molar-refractivity contribution in [1.82, 2.24) is 5.43 Å². The number of carbonyl (C=O) groups is 2. The quantitative estimate of drug-likeness (QED) is 0.147. The maximum Gasteiger partial charge on any atom is 0.343 e. The predicted octanol–water partition coefficient (Wildman–Crippen LogP) is 5.57. The molecule has 7 heteroatoms. The molecule has 0 heterocycles. The molecule has 3 aromatic rings. The number of unbranched alkanes of at least 4 members (excludes halogenated alkanes) is 1. The Hall–Kier alpha value is -4.13. The molecule has 0 saturated carbocycles. The van der Waals surface area contributed by atoms with E-state index in [9.17, 15) is 9.59 Å². The van der Waals surface area contributed by atoms with Crippen molar-refractivity contribution >= 4 is 18.1 Å². The maximum absolute atomic E-state index is 12.3. The number of rotatable bonds is 13. The fraction of sp³-hybridized carbons (Fsp3) is 0.276. The lowest BCUT2D eigenvalue weighted by molar-refractivity contribution is -0.123. The third kappa shape index (κ3) is 8.91. The van der Waals surface area contributed by atoms with Crippen LogP contribution in [0.25, 0.3) is 0 Å². The number of hydrogen-bond acceptors (Lipinski definition) is 6. The second kappa shape index (κ2) is 14.3. The summed E-state index contributed by atoms with van der Waals surface area (Å²) in [6, 6.07) is 21.4. The van der Waals surface area contributed by atoms with E-state index < -0.39 is 5.97 Å². The van der Waals surface area contributed by atoms with Crippen molar-refractivity contribution in [2.24, 2.45) is 5.10 Å². The average Bonchev–Trinajstić information content (AvgIpc) is 2.91. The van der Waals surface area contributed by atoms with E-state index in [4.69, 9.17) is 14.2 Å². The van der Waals surface area contributed by atoms with Gasteiger partial charge in [-0.25, -0.2) is 10.2 Å². The third-order valence-corrected chi connectivity index (χ3v) is 5.17. The molecule has 3 aromatic carbocycles. The van der Waals surface area contributed by atoms with Crippen LogP contribution in [-0.4, -0.2) is 31.3 Å². The fourth-order valence-electron chi connectivity index (χ4n) is 3.19. The van der Waals surface area contributed by atoms with Gasteiger partial charge in [-0.3, -0.25) is 4.79 Å². The van der Waals surface area contributed by atoms with Gasteiger partial charge < -0.3 is 14.2 Å². The lowest BCUT2D eigenvalue weighted by Crippen LogP contribution is -2.24. The maximum atomic E-state index is 12.3. The van der Waals surface area contributed by atoms with Crippen molar-refractivity contribution in [1.29, 1.82) is 0 Å². The van der Waals surface area contributed by atoms with E-state index in [1.807, 2.05) is 31.2 Å². The molecule has 0 aliphatic carbocycles. The van der Waals surface area contributed by atoms with Crippen molar-refractivity contribution in [2.75, 3.05) is 13.2 Å². The molecule has 0 aliphatic heterocycles. The summed E-state index contributed by atoms with van der Waals surface area (Å²) in [5, 5.41) is 3.95. The van der Waals surface area contributed by atoms with Gasteiger partial charge in [-0.1, -0.05) is 32.4 Å². The number of nitrogens with one attached hydrogen (secondary N) is 1. The van der Waals surface area contributed by atoms with Crippen LogP contribution in [0.15, 0.2) is 77.9 Å². The molecule has 0 saturated heterocycles. The zero-order valence-corrected chi connectivity index (χ0v) is 20.7. The van der Waals surface area contributed by atoms with E-state index in [-0.39, 0.29) is 12.5 Å². The van der Waals surface area contributed by atoms with Crippen LogP contribution in [0, 0.1) is 0 Å². The lowest BCUT2D eigenvalue weighted by atomic mass is 10.1. The van der Waals surface area contributed by atoms with E-state index in [0.29, 0.717) is 29.4 Å². The molecule has 1 N–H and O–H groups in total. The lowest BCUT2D eigenvalue weighted by Gasteiger charge is -2.07. The van der Waals surface area contributed by atoms with Gasteiger partial charge in [-0.05, 0) is 91.1 Å². The Labute approximate surface area is 212 Å². The predicted molar refractivity (Wildman–Crippen MR) is 140 cm³/mol. The standard InChI is InChI=1S/C29H32N2O5/c1-3-5-6-22-7-13-26(14-8-22)35-21-28(32)31-30-20-23-9-15-27(16-10-23)36-29(33)24-11-17-25(18-12-24)34-19-4-2/h7-18,20H,3-6,19,21H2,1-2H3,(H,31,32)/b30-20+. The molecule has 0 spiro atoms. The van der Waals surface area contributed by atoms with E-state index in [1.165, 1.54) is 11.8 Å². The molecule has 1 amide bonds. The second-order valence-corrected chi connectivity index (χ2v) is 8.16. The van der Waals surface area contributed by atoms with Crippen LogP contribution < -0.4 is 19.6 Å². The minimum absolute atomic E-state index is 0.133. The highest BCUT2D eigenvalue weighted by Gasteiger charge is 2.09. The Morgan fingerprint density at radius 2 is 1.44 bits per heavy atom. The molecule has 0 aliphatic rings. The van der Waals surface area contributed by atoms with E-state index in [2.05, 4.69) is 17.5 Å². The molecule has 0 bridgehead atoms. The Morgan fingerprint density at radius 3 is 2.11 bits per heavy atom. The summed E-state index contributed by atoms with van der Waals surface area (Å²) in [4.78, 5) is 24.3. The van der Waals surface area contributed by atoms with Gasteiger partial charge in [-0.2, -0.15) is 5.10 Å². The summed E-state index contributed by atoms with van der Waals surface area (Å²) in [6.07, 6.45) is 5.76. The number of benzene rings is 3. The van der Waals surface area contributed by atoms with Crippen LogP contribution in [0.2, 0.25) is 0 Å². The van der Waals surface area contributed by atoms with Crippen LogP contribution in [0.4, 0.5) is 0 Å². The van der Waals surface area contributed by atoms with Gasteiger partial charge in [0.15, 0.2) is 6.61 Å². The van der Waals surface area contributed by atoms with Gasteiger partial charge in [-0.15, -0.1) is 0 Å². The Morgan fingerprint density at radius 1 is 0.806 bits per heavy atom. The zero-order valence-electron chi connectivity index (χ0n) is 20.7. The number of amides is 1.